The van der Waals surface area contributed by atoms with Gasteiger partial charge >= 0.3 is 0 Å². The van der Waals surface area contributed by atoms with Gasteiger partial charge in [0.1, 0.15) is 0 Å². The third-order valence-corrected chi connectivity index (χ3v) is 10.5. The van der Waals surface area contributed by atoms with Crippen molar-refractivity contribution in [2.24, 2.45) is 46.3 Å². The molecule has 30 heavy (non-hydrogen) atoms. The first-order chi connectivity index (χ1) is 14.2. The average molecular weight is 411 g/mol. The van der Waals surface area contributed by atoms with Crippen molar-refractivity contribution < 1.29 is 5.11 Å². The van der Waals surface area contributed by atoms with E-state index in [1.54, 1.807) is 5.57 Å². The van der Waals surface area contributed by atoms with Gasteiger partial charge in [0.25, 0.3) is 0 Å². The summed E-state index contributed by atoms with van der Waals surface area (Å²) in [4.78, 5) is 0. The smallest absolute Gasteiger partial charge is 0.0577 e. The number of hydrogen-bond acceptors (Lipinski definition) is 1. The second-order valence-corrected chi connectivity index (χ2v) is 12.0. The fraction of sp³-hybridized carbons (Fsp3) is 0.793. The highest BCUT2D eigenvalue weighted by Crippen LogP contribution is 2.67. The van der Waals surface area contributed by atoms with Gasteiger partial charge in [-0.25, -0.2) is 0 Å². The van der Waals surface area contributed by atoms with Gasteiger partial charge in [-0.15, -0.1) is 0 Å². The fourth-order valence-corrected chi connectivity index (χ4v) is 8.64. The van der Waals surface area contributed by atoms with Crippen LogP contribution in [0.5, 0.6) is 0 Å². The van der Waals surface area contributed by atoms with E-state index >= 15 is 0 Å². The molecule has 1 N–H and O–H groups in total. The number of aliphatic hydroxyl groups excluding tert-OH is 1. The van der Waals surface area contributed by atoms with Crippen LogP contribution in [0.25, 0.3) is 0 Å². The van der Waals surface area contributed by atoms with Gasteiger partial charge in [-0.2, -0.15) is 0 Å². The van der Waals surface area contributed by atoms with Crippen molar-refractivity contribution in [1.29, 1.82) is 0 Å². The molecule has 0 aromatic heterocycles. The molecule has 1 heteroatoms. The Bertz CT molecular complexity index is 716. The summed E-state index contributed by atoms with van der Waals surface area (Å²) in [6, 6.07) is 0. The molecule has 0 bridgehead atoms. The van der Waals surface area contributed by atoms with E-state index < -0.39 is 0 Å². The van der Waals surface area contributed by atoms with Gasteiger partial charge in [0.15, 0.2) is 0 Å². The Kier molecular flexibility index (Phi) is 6.17. The van der Waals surface area contributed by atoms with Crippen molar-refractivity contribution >= 4 is 0 Å². The van der Waals surface area contributed by atoms with Crippen LogP contribution in [0.4, 0.5) is 0 Å². The van der Waals surface area contributed by atoms with Crippen molar-refractivity contribution in [3.8, 4) is 0 Å². The molecule has 4 aliphatic carbocycles. The van der Waals surface area contributed by atoms with Gasteiger partial charge in [0.05, 0.1) is 6.10 Å². The highest BCUT2D eigenvalue weighted by Gasteiger charge is 2.58. The molecular formula is C29H46O. The number of allylic oxidation sites excluding steroid dienone is 4. The summed E-state index contributed by atoms with van der Waals surface area (Å²) in [5.74, 6) is 4.64. The quantitative estimate of drug-likeness (QED) is 0.460. The van der Waals surface area contributed by atoms with Gasteiger partial charge in [-0.05, 0) is 111 Å². The van der Waals surface area contributed by atoms with Crippen LogP contribution in [0.2, 0.25) is 0 Å². The topological polar surface area (TPSA) is 20.2 Å². The van der Waals surface area contributed by atoms with Gasteiger partial charge in [-0.3, -0.25) is 0 Å². The molecule has 0 aliphatic heterocycles. The van der Waals surface area contributed by atoms with Crippen LogP contribution >= 0.6 is 0 Å². The molecule has 0 aromatic carbocycles. The molecule has 4 aliphatic rings. The van der Waals surface area contributed by atoms with E-state index in [0.717, 1.165) is 42.9 Å². The molecule has 0 aromatic rings. The maximum Gasteiger partial charge on any atom is 0.0577 e. The van der Waals surface area contributed by atoms with E-state index in [2.05, 4.69) is 59.4 Å². The maximum atomic E-state index is 10.2. The van der Waals surface area contributed by atoms with Gasteiger partial charge in [0.2, 0.25) is 0 Å². The predicted octanol–water partition coefficient (Wildman–Crippen LogP) is 7.72. The first kappa shape index (κ1) is 22.4. The second kappa shape index (κ2) is 8.27. The summed E-state index contributed by atoms with van der Waals surface area (Å²) in [7, 11) is 0. The molecule has 0 heterocycles. The Hall–Kier alpha value is -0.820. The molecule has 1 nitrogen and oxygen atoms in total. The van der Waals surface area contributed by atoms with E-state index in [0.29, 0.717) is 22.7 Å². The highest BCUT2D eigenvalue weighted by molar-refractivity contribution is 5.25. The van der Waals surface area contributed by atoms with Crippen LogP contribution in [-0.4, -0.2) is 11.2 Å². The van der Waals surface area contributed by atoms with Crippen LogP contribution in [0.15, 0.2) is 36.0 Å². The van der Waals surface area contributed by atoms with Crippen molar-refractivity contribution in [3.63, 3.8) is 0 Å². The zero-order chi connectivity index (χ0) is 21.7. The average Bonchev–Trinajstić information content (AvgIpc) is 3.06. The van der Waals surface area contributed by atoms with Crippen molar-refractivity contribution in [3.05, 3.63) is 36.0 Å². The molecule has 4 rings (SSSR count). The van der Waals surface area contributed by atoms with Crippen LogP contribution in [-0.2, 0) is 0 Å². The lowest BCUT2D eigenvalue weighted by atomic mass is 9.47. The molecule has 0 amide bonds. The third-order valence-electron chi connectivity index (χ3n) is 10.5. The fourth-order valence-electron chi connectivity index (χ4n) is 8.64. The minimum Gasteiger partial charge on any atom is -0.393 e. The largest absolute Gasteiger partial charge is 0.393 e. The lowest BCUT2D eigenvalue weighted by Crippen LogP contribution is -2.50. The second-order valence-electron chi connectivity index (χ2n) is 12.0. The summed E-state index contributed by atoms with van der Waals surface area (Å²) < 4.78 is 0. The van der Waals surface area contributed by atoms with Gasteiger partial charge < -0.3 is 5.11 Å². The lowest BCUT2D eigenvalue weighted by molar-refractivity contribution is -0.0540. The minimum atomic E-state index is -0.0932. The molecular weight excluding hydrogens is 364 g/mol. The van der Waals surface area contributed by atoms with Gasteiger partial charge in [-0.1, -0.05) is 63.6 Å². The van der Waals surface area contributed by atoms with E-state index in [1.165, 1.54) is 44.1 Å². The normalized spacial score (nSPS) is 45.3. The molecule has 3 saturated carbocycles. The number of rotatable bonds is 5. The Morgan fingerprint density at radius 3 is 2.63 bits per heavy atom. The lowest BCUT2D eigenvalue weighted by Gasteiger charge is -2.58. The monoisotopic (exact) mass is 410 g/mol. The number of fused-ring (bicyclic) bond motifs is 5. The SMILES string of the molecule is C=C(C)[C@H](C=C[C@H](C)[C@@H]1CC[C@H]2[C@@H]3CC=C4C[C@@H](O)CC[C@]4(C)[C@@H]3CC[C@]21C)CC. The first-order valence-electron chi connectivity index (χ1n) is 12.9. The molecule has 0 unspecified atom stereocenters. The Morgan fingerprint density at radius 1 is 1.17 bits per heavy atom. The van der Waals surface area contributed by atoms with E-state index in [4.69, 9.17) is 0 Å². The number of hydrogen-bond donors (Lipinski definition) is 1. The van der Waals surface area contributed by atoms with Crippen molar-refractivity contribution in [2.75, 3.05) is 0 Å². The summed E-state index contributed by atoms with van der Waals surface area (Å²) in [6.07, 6.45) is 18.7. The maximum absolute atomic E-state index is 10.2. The standard InChI is InChI=1S/C29H46O/c1-7-21(19(2)3)9-8-20(4)25-12-13-26-24-11-10-22-18-23(30)14-16-28(22,5)27(24)15-17-29(25,26)6/h8-10,20-21,23-27,30H,2,7,11-18H2,1,3-6H3/t20-,21-,23-,24-,25-,26-,27+,28-,29-/m0/s1. The Morgan fingerprint density at radius 2 is 1.93 bits per heavy atom. The molecule has 0 saturated heterocycles. The van der Waals surface area contributed by atoms with Crippen LogP contribution in [0.1, 0.15) is 92.4 Å². The summed E-state index contributed by atoms with van der Waals surface area (Å²) in [5, 5.41) is 10.2. The minimum absolute atomic E-state index is 0.0932. The Labute approximate surface area is 186 Å². The summed E-state index contributed by atoms with van der Waals surface area (Å²) in [5.41, 5.74) is 3.77. The third kappa shape index (κ3) is 3.58. The summed E-state index contributed by atoms with van der Waals surface area (Å²) >= 11 is 0. The van der Waals surface area contributed by atoms with Crippen LogP contribution < -0.4 is 0 Å². The van der Waals surface area contributed by atoms with Crippen molar-refractivity contribution in [1.82, 2.24) is 0 Å². The van der Waals surface area contributed by atoms with Crippen LogP contribution in [0, 0.1) is 46.3 Å². The molecule has 0 spiro atoms. The van der Waals surface area contributed by atoms with Gasteiger partial charge in [0, 0.05) is 0 Å². The Balaban J connectivity index is 1.53. The molecule has 9 atom stereocenters. The van der Waals surface area contributed by atoms with E-state index in [1.807, 2.05) is 0 Å². The zero-order valence-electron chi connectivity index (χ0n) is 20.3. The molecule has 168 valence electrons. The van der Waals surface area contributed by atoms with Crippen molar-refractivity contribution in [2.45, 2.75) is 98.5 Å². The van der Waals surface area contributed by atoms with E-state index in [9.17, 15) is 5.11 Å². The summed E-state index contributed by atoms with van der Waals surface area (Å²) in [6.45, 7) is 16.3. The first-order valence-corrected chi connectivity index (χ1v) is 12.9. The zero-order valence-corrected chi connectivity index (χ0v) is 20.3. The molecule has 3 fully saturated rings. The number of aliphatic hydroxyl groups is 1. The van der Waals surface area contributed by atoms with Crippen LogP contribution in [0.3, 0.4) is 0 Å². The highest BCUT2D eigenvalue weighted by atomic mass is 16.3. The van der Waals surface area contributed by atoms with E-state index in [-0.39, 0.29) is 6.10 Å². The predicted molar refractivity (Wildman–Crippen MR) is 128 cm³/mol. The molecule has 0 radical (unpaired) electrons.